The molecule has 3 rings (SSSR count). The van der Waals surface area contributed by atoms with Gasteiger partial charge in [-0.3, -0.25) is 0 Å². The van der Waals surface area contributed by atoms with E-state index < -0.39 is 0 Å². The quantitative estimate of drug-likeness (QED) is 0.643. The number of fused-ring (bicyclic) bond motifs is 1. The Labute approximate surface area is 135 Å². The Morgan fingerprint density at radius 3 is 2.68 bits per heavy atom. The highest BCUT2D eigenvalue weighted by atomic mass is 79.9. The van der Waals surface area contributed by atoms with Crippen molar-refractivity contribution in [2.24, 2.45) is 0 Å². The Morgan fingerprint density at radius 2 is 1.82 bits per heavy atom. The van der Waals surface area contributed by atoms with E-state index >= 15 is 0 Å². The van der Waals surface area contributed by atoms with Gasteiger partial charge in [0.25, 0.3) is 0 Å². The van der Waals surface area contributed by atoms with E-state index in [1.807, 2.05) is 18.2 Å². The van der Waals surface area contributed by atoms with Gasteiger partial charge in [-0.1, -0.05) is 28.1 Å². The van der Waals surface area contributed by atoms with Gasteiger partial charge in [0.05, 0.1) is 10.9 Å². The van der Waals surface area contributed by atoms with Crippen LogP contribution in [0.25, 0.3) is 10.9 Å². The molecule has 0 saturated carbocycles. The van der Waals surface area contributed by atoms with Crippen LogP contribution in [0.4, 0.5) is 4.39 Å². The van der Waals surface area contributed by atoms with Crippen LogP contribution in [0.3, 0.4) is 0 Å². The van der Waals surface area contributed by atoms with Gasteiger partial charge >= 0.3 is 0 Å². The molecule has 1 heterocycles. The zero-order chi connectivity index (χ0) is 15.4. The number of aromatic nitrogens is 2. The minimum atomic E-state index is -0.390. The summed E-state index contributed by atoms with van der Waals surface area (Å²) in [5.74, 6) is 0.295. The number of hydrogen-bond donors (Lipinski definition) is 0. The third-order valence-electron chi connectivity index (χ3n) is 2.98. The van der Waals surface area contributed by atoms with Crippen molar-refractivity contribution in [1.82, 2.24) is 9.97 Å². The zero-order valence-electron chi connectivity index (χ0n) is 11.5. The molecule has 0 saturated heterocycles. The minimum Gasteiger partial charge on any atom is -0.487 e. The van der Waals surface area contributed by atoms with Gasteiger partial charge in [0.1, 0.15) is 19.5 Å². The van der Waals surface area contributed by atoms with Crippen LogP contribution in [-0.4, -0.2) is 23.2 Å². The number of rotatable bonds is 5. The standard InChI is InChI=1S/C16H12BrFN2O2/c17-11-5-6-14-12(9-11)16(20-10-19-14)22-8-7-21-15-4-2-1-3-13(15)18/h1-6,9-10H,7-8H2. The van der Waals surface area contributed by atoms with Gasteiger partial charge < -0.3 is 9.47 Å². The molecule has 0 spiro atoms. The summed E-state index contributed by atoms with van der Waals surface area (Å²) < 4.78 is 25.3. The topological polar surface area (TPSA) is 44.2 Å². The Bertz CT molecular complexity index is 798. The fourth-order valence-electron chi connectivity index (χ4n) is 1.97. The molecule has 0 N–H and O–H groups in total. The molecule has 0 aliphatic rings. The number of halogens is 2. The minimum absolute atomic E-state index is 0.210. The predicted octanol–water partition coefficient (Wildman–Crippen LogP) is 3.99. The molecule has 0 aliphatic heterocycles. The van der Waals surface area contributed by atoms with Crippen molar-refractivity contribution in [3.05, 3.63) is 59.1 Å². The van der Waals surface area contributed by atoms with E-state index in [1.54, 1.807) is 18.2 Å². The average molecular weight is 363 g/mol. The van der Waals surface area contributed by atoms with Crippen molar-refractivity contribution in [2.45, 2.75) is 0 Å². The number of benzene rings is 2. The van der Waals surface area contributed by atoms with E-state index in [2.05, 4.69) is 25.9 Å². The van der Waals surface area contributed by atoms with E-state index in [0.717, 1.165) is 15.4 Å². The molecule has 0 aliphatic carbocycles. The first kappa shape index (κ1) is 14.7. The molecule has 0 unspecified atom stereocenters. The maximum atomic E-state index is 13.4. The first-order valence-corrected chi connectivity index (χ1v) is 7.44. The highest BCUT2D eigenvalue weighted by Gasteiger charge is 2.06. The summed E-state index contributed by atoms with van der Waals surface area (Å²) in [5, 5.41) is 0.808. The number of nitrogens with zero attached hydrogens (tertiary/aromatic N) is 2. The average Bonchev–Trinajstić information content (AvgIpc) is 2.53. The second-order valence-electron chi connectivity index (χ2n) is 4.47. The van der Waals surface area contributed by atoms with Crippen LogP contribution in [-0.2, 0) is 0 Å². The number of hydrogen-bond acceptors (Lipinski definition) is 4. The Morgan fingerprint density at radius 1 is 1.00 bits per heavy atom. The summed E-state index contributed by atoms with van der Waals surface area (Å²) in [4.78, 5) is 8.30. The largest absolute Gasteiger partial charge is 0.487 e. The molecule has 4 nitrogen and oxygen atoms in total. The van der Waals surface area contributed by atoms with Crippen LogP contribution in [0, 0.1) is 5.82 Å². The van der Waals surface area contributed by atoms with Crippen LogP contribution >= 0.6 is 15.9 Å². The monoisotopic (exact) mass is 362 g/mol. The summed E-state index contributed by atoms with van der Waals surface area (Å²) in [6.07, 6.45) is 1.45. The van der Waals surface area contributed by atoms with Crippen molar-refractivity contribution >= 4 is 26.8 Å². The molecule has 0 atom stereocenters. The zero-order valence-corrected chi connectivity index (χ0v) is 13.1. The SMILES string of the molecule is Fc1ccccc1OCCOc1ncnc2ccc(Br)cc12. The molecule has 2 aromatic carbocycles. The van der Waals surface area contributed by atoms with Gasteiger partial charge in [-0.25, -0.2) is 14.4 Å². The second kappa shape index (κ2) is 6.70. The molecule has 0 amide bonds. The fraction of sp³-hybridized carbons (Fsp3) is 0.125. The Hall–Kier alpha value is -2.21. The lowest BCUT2D eigenvalue weighted by molar-refractivity contribution is 0.208. The van der Waals surface area contributed by atoms with Crippen LogP contribution in [0.15, 0.2) is 53.3 Å². The van der Waals surface area contributed by atoms with Crippen LogP contribution in [0.1, 0.15) is 0 Å². The summed E-state index contributed by atoms with van der Waals surface area (Å²) in [7, 11) is 0. The lowest BCUT2D eigenvalue weighted by atomic mass is 10.2. The van der Waals surface area contributed by atoms with Crippen molar-refractivity contribution in [2.75, 3.05) is 13.2 Å². The third-order valence-corrected chi connectivity index (χ3v) is 3.47. The van der Waals surface area contributed by atoms with Crippen LogP contribution in [0.5, 0.6) is 11.6 Å². The first-order chi connectivity index (χ1) is 10.7. The highest BCUT2D eigenvalue weighted by Crippen LogP contribution is 2.24. The highest BCUT2D eigenvalue weighted by molar-refractivity contribution is 9.10. The first-order valence-electron chi connectivity index (χ1n) is 6.64. The Balaban J connectivity index is 1.65. The predicted molar refractivity (Wildman–Crippen MR) is 84.6 cm³/mol. The molecule has 112 valence electrons. The molecule has 3 aromatic rings. The fourth-order valence-corrected chi connectivity index (χ4v) is 2.33. The molecule has 0 radical (unpaired) electrons. The number of ether oxygens (including phenoxy) is 2. The molecule has 22 heavy (non-hydrogen) atoms. The molecular formula is C16H12BrFN2O2. The summed E-state index contributed by atoms with van der Waals surface area (Å²) >= 11 is 3.41. The van der Waals surface area contributed by atoms with E-state index in [9.17, 15) is 4.39 Å². The van der Waals surface area contributed by atoms with E-state index in [-0.39, 0.29) is 24.8 Å². The van der Waals surface area contributed by atoms with E-state index in [0.29, 0.717) is 5.88 Å². The normalized spacial score (nSPS) is 10.6. The number of para-hydroxylation sites is 1. The van der Waals surface area contributed by atoms with Gasteiger partial charge in [-0.2, -0.15) is 0 Å². The summed E-state index contributed by atoms with van der Waals surface area (Å²) in [5.41, 5.74) is 0.795. The maximum absolute atomic E-state index is 13.4. The maximum Gasteiger partial charge on any atom is 0.224 e. The molecule has 0 bridgehead atoms. The van der Waals surface area contributed by atoms with E-state index in [4.69, 9.17) is 9.47 Å². The van der Waals surface area contributed by atoms with Gasteiger partial charge in [0, 0.05) is 4.47 Å². The molecule has 0 fully saturated rings. The van der Waals surface area contributed by atoms with Gasteiger partial charge in [-0.15, -0.1) is 0 Å². The van der Waals surface area contributed by atoms with E-state index in [1.165, 1.54) is 12.4 Å². The molecule has 1 aromatic heterocycles. The lowest BCUT2D eigenvalue weighted by Gasteiger charge is -2.09. The van der Waals surface area contributed by atoms with Gasteiger partial charge in [0.15, 0.2) is 11.6 Å². The lowest BCUT2D eigenvalue weighted by Crippen LogP contribution is -2.10. The smallest absolute Gasteiger partial charge is 0.224 e. The van der Waals surface area contributed by atoms with Crippen molar-refractivity contribution in [3.8, 4) is 11.6 Å². The van der Waals surface area contributed by atoms with Crippen molar-refractivity contribution in [1.29, 1.82) is 0 Å². The molecule has 6 heteroatoms. The van der Waals surface area contributed by atoms with Crippen molar-refractivity contribution < 1.29 is 13.9 Å². The Kier molecular flexibility index (Phi) is 4.48. The summed E-state index contributed by atoms with van der Waals surface area (Å²) in [6, 6.07) is 11.9. The van der Waals surface area contributed by atoms with Crippen molar-refractivity contribution in [3.63, 3.8) is 0 Å². The molecular weight excluding hydrogens is 351 g/mol. The second-order valence-corrected chi connectivity index (χ2v) is 5.38. The van der Waals surface area contributed by atoms with Gasteiger partial charge in [-0.05, 0) is 30.3 Å². The summed E-state index contributed by atoms with van der Waals surface area (Å²) in [6.45, 7) is 0.480. The van der Waals surface area contributed by atoms with Crippen LogP contribution < -0.4 is 9.47 Å². The van der Waals surface area contributed by atoms with Gasteiger partial charge in [0.2, 0.25) is 5.88 Å². The van der Waals surface area contributed by atoms with Crippen LogP contribution in [0.2, 0.25) is 0 Å². The third kappa shape index (κ3) is 3.33.